The van der Waals surface area contributed by atoms with Gasteiger partial charge in [-0.05, 0) is 36.3 Å². The van der Waals surface area contributed by atoms with Crippen LogP contribution in [0.4, 0.5) is 0 Å². The van der Waals surface area contributed by atoms with E-state index < -0.39 is 11.6 Å². The number of hydrogen-bond acceptors (Lipinski definition) is 5. The zero-order valence-corrected chi connectivity index (χ0v) is 15.6. The molecule has 1 N–H and O–H groups in total. The van der Waals surface area contributed by atoms with Gasteiger partial charge < -0.3 is 19.5 Å². The van der Waals surface area contributed by atoms with Crippen LogP contribution >= 0.6 is 0 Å². The van der Waals surface area contributed by atoms with Crippen molar-refractivity contribution in [3.8, 4) is 5.75 Å². The van der Waals surface area contributed by atoms with Gasteiger partial charge in [-0.25, -0.2) is 4.79 Å². The average molecular weight is 357 g/mol. The molecule has 0 fully saturated rings. The first-order valence-corrected chi connectivity index (χ1v) is 8.88. The van der Waals surface area contributed by atoms with Crippen molar-refractivity contribution < 1.29 is 19.4 Å². The third-order valence-corrected chi connectivity index (χ3v) is 4.53. The van der Waals surface area contributed by atoms with Gasteiger partial charge in [-0.2, -0.15) is 0 Å². The molecule has 0 saturated carbocycles. The summed E-state index contributed by atoms with van der Waals surface area (Å²) in [5.41, 5.74) is -0.952. The highest BCUT2D eigenvalue weighted by atomic mass is 16.5. The lowest BCUT2D eigenvalue weighted by atomic mass is 9.86. The third kappa shape index (κ3) is 4.42. The summed E-state index contributed by atoms with van der Waals surface area (Å²) < 4.78 is 10.6. The molecule has 0 aromatic heterocycles. The number of benzene rings is 2. The Morgan fingerprint density at radius 1 is 1.00 bits per heavy atom. The van der Waals surface area contributed by atoms with E-state index in [1.807, 2.05) is 6.07 Å². The van der Waals surface area contributed by atoms with Gasteiger partial charge in [0.15, 0.2) is 0 Å². The van der Waals surface area contributed by atoms with Crippen LogP contribution in [0, 0.1) is 0 Å². The zero-order chi connectivity index (χ0) is 19.0. The number of ether oxygens (including phenoxy) is 2. The van der Waals surface area contributed by atoms with Crippen molar-refractivity contribution in [2.45, 2.75) is 19.4 Å². The van der Waals surface area contributed by atoms with Gasteiger partial charge in [0, 0.05) is 6.54 Å². The normalized spacial score (nSPS) is 13.3. The molecule has 2 aromatic carbocycles. The van der Waals surface area contributed by atoms with Crippen molar-refractivity contribution in [3.63, 3.8) is 0 Å². The molecular formula is C21H27NO4. The maximum Gasteiger partial charge on any atom is 0.347 e. The lowest BCUT2D eigenvalue weighted by Crippen LogP contribution is -2.40. The van der Waals surface area contributed by atoms with E-state index >= 15 is 0 Å². The van der Waals surface area contributed by atoms with E-state index in [0.717, 1.165) is 13.1 Å². The quantitative estimate of drug-likeness (QED) is 0.700. The van der Waals surface area contributed by atoms with Crippen LogP contribution in [0.3, 0.4) is 0 Å². The van der Waals surface area contributed by atoms with E-state index in [1.54, 1.807) is 55.6 Å². The number of rotatable bonds is 9. The Bertz CT molecular complexity index is 683. The minimum Gasteiger partial charge on any atom is -0.497 e. The topological polar surface area (TPSA) is 59.0 Å². The first kappa shape index (κ1) is 19.9. The molecule has 1 atom stereocenters. The predicted molar refractivity (Wildman–Crippen MR) is 101 cm³/mol. The summed E-state index contributed by atoms with van der Waals surface area (Å²) in [6.07, 6.45) is 0. The number of esters is 1. The lowest BCUT2D eigenvalue weighted by Gasteiger charge is -2.28. The van der Waals surface area contributed by atoms with Crippen LogP contribution in [0.1, 0.15) is 25.0 Å². The maximum atomic E-state index is 12.9. The molecule has 0 heterocycles. The van der Waals surface area contributed by atoms with Crippen molar-refractivity contribution in [2.75, 3.05) is 33.4 Å². The summed E-state index contributed by atoms with van der Waals surface area (Å²) in [5, 5.41) is 11.3. The molecule has 5 heteroatoms. The highest BCUT2D eigenvalue weighted by molar-refractivity contribution is 5.85. The zero-order valence-electron chi connectivity index (χ0n) is 15.6. The molecule has 0 spiro atoms. The standard InChI is InChI=1S/C21H27NO4/c1-4-22(5-2)15-16-26-20(23)21(24,17-9-7-6-8-10-17)18-11-13-19(25-3)14-12-18/h6-14,24H,4-5,15-16H2,1-3H3/t21-/m0/s1. The summed E-state index contributed by atoms with van der Waals surface area (Å²) in [5.74, 6) is -0.0277. The first-order chi connectivity index (χ1) is 12.6. The number of hydrogen-bond donors (Lipinski definition) is 1. The molecule has 0 unspecified atom stereocenters. The van der Waals surface area contributed by atoms with E-state index in [2.05, 4.69) is 18.7 Å². The van der Waals surface area contributed by atoms with Crippen molar-refractivity contribution in [2.24, 2.45) is 0 Å². The molecule has 0 amide bonds. The van der Waals surface area contributed by atoms with Crippen LogP contribution in [0.15, 0.2) is 54.6 Å². The average Bonchev–Trinajstić information content (AvgIpc) is 2.71. The van der Waals surface area contributed by atoms with Crippen LogP contribution in [0.2, 0.25) is 0 Å². The van der Waals surface area contributed by atoms with Gasteiger partial charge in [0.2, 0.25) is 5.60 Å². The number of carbonyl (C=O) groups excluding carboxylic acids is 1. The fourth-order valence-corrected chi connectivity index (χ4v) is 2.83. The van der Waals surface area contributed by atoms with Gasteiger partial charge in [0.05, 0.1) is 7.11 Å². The van der Waals surface area contributed by atoms with Crippen molar-refractivity contribution in [3.05, 3.63) is 65.7 Å². The van der Waals surface area contributed by atoms with Crippen LogP contribution in [0.25, 0.3) is 0 Å². The number of methoxy groups -OCH3 is 1. The molecule has 0 aliphatic heterocycles. The van der Waals surface area contributed by atoms with E-state index in [9.17, 15) is 9.90 Å². The molecule has 140 valence electrons. The molecule has 5 nitrogen and oxygen atoms in total. The Morgan fingerprint density at radius 2 is 1.58 bits per heavy atom. The van der Waals surface area contributed by atoms with Gasteiger partial charge in [-0.1, -0.05) is 56.3 Å². The molecule has 26 heavy (non-hydrogen) atoms. The summed E-state index contributed by atoms with van der Waals surface area (Å²) in [7, 11) is 1.57. The fourth-order valence-electron chi connectivity index (χ4n) is 2.83. The van der Waals surface area contributed by atoms with Crippen LogP contribution in [0.5, 0.6) is 5.75 Å². The van der Waals surface area contributed by atoms with Gasteiger partial charge >= 0.3 is 5.97 Å². The smallest absolute Gasteiger partial charge is 0.347 e. The molecule has 0 saturated heterocycles. The van der Waals surface area contributed by atoms with Crippen molar-refractivity contribution in [1.82, 2.24) is 4.90 Å². The highest BCUT2D eigenvalue weighted by Crippen LogP contribution is 2.32. The minimum absolute atomic E-state index is 0.228. The molecule has 2 aromatic rings. The van der Waals surface area contributed by atoms with Gasteiger partial charge in [-0.15, -0.1) is 0 Å². The molecule has 0 radical (unpaired) electrons. The Hall–Kier alpha value is -2.37. The molecule has 0 bridgehead atoms. The number of carbonyl (C=O) groups is 1. The van der Waals surface area contributed by atoms with Gasteiger partial charge in [-0.3, -0.25) is 0 Å². The van der Waals surface area contributed by atoms with Crippen molar-refractivity contribution >= 4 is 5.97 Å². The monoisotopic (exact) mass is 357 g/mol. The largest absolute Gasteiger partial charge is 0.497 e. The fraction of sp³-hybridized carbons (Fsp3) is 0.381. The third-order valence-electron chi connectivity index (χ3n) is 4.53. The minimum atomic E-state index is -1.86. The highest BCUT2D eigenvalue weighted by Gasteiger charge is 2.41. The van der Waals surface area contributed by atoms with Gasteiger partial charge in [0.25, 0.3) is 0 Å². The predicted octanol–water partition coefficient (Wildman–Crippen LogP) is 2.82. The maximum absolute atomic E-state index is 12.9. The SMILES string of the molecule is CCN(CC)CCOC(=O)[C@](O)(c1ccccc1)c1ccc(OC)cc1. The molecule has 0 aliphatic carbocycles. The Labute approximate surface area is 155 Å². The molecular weight excluding hydrogens is 330 g/mol. The van der Waals surface area contributed by atoms with E-state index in [1.165, 1.54) is 0 Å². The number of likely N-dealkylation sites (N-methyl/N-ethyl adjacent to an activating group) is 1. The number of aliphatic hydroxyl groups is 1. The van der Waals surface area contributed by atoms with Crippen LogP contribution in [-0.2, 0) is 15.1 Å². The van der Waals surface area contributed by atoms with Crippen LogP contribution in [-0.4, -0.2) is 49.3 Å². The summed E-state index contributed by atoms with van der Waals surface area (Å²) >= 11 is 0. The second kappa shape index (κ2) is 9.36. The van der Waals surface area contributed by atoms with Gasteiger partial charge in [0.1, 0.15) is 12.4 Å². The van der Waals surface area contributed by atoms with E-state index in [0.29, 0.717) is 23.4 Å². The summed E-state index contributed by atoms with van der Waals surface area (Å²) in [6, 6.07) is 15.6. The van der Waals surface area contributed by atoms with Crippen molar-refractivity contribution in [1.29, 1.82) is 0 Å². The summed E-state index contributed by atoms with van der Waals surface area (Å²) in [4.78, 5) is 15.0. The second-order valence-corrected chi connectivity index (χ2v) is 5.97. The number of nitrogens with zero attached hydrogens (tertiary/aromatic N) is 1. The Morgan fingerprint density at radius 3 is 2.12 bits per heavy atom. The first-order valence-electron chi connectivity index (χ1n) is 8.88. The molecule has 0 aliphatic rings. The lowest BCUT2D eigenvalue weighted by molar-refractivity contribution is -0.162. The Balaban J connectivity index is 2.27. The van der Waals surface area contributed by atoms with E-state index in [-0.39, 0.29) is 6.61 Å². The van der Waals surface area contributed by atoms with Crippen LogP contribution < -0.4 is 4.74 Å². The van der Waals surface area contributed by atoms with E-state index in [4.69, 9.17) is 9.47 Å². The second-order valence-electron chi connectivity index (χ2n) is 5.97. The summed E-state index contributed by atoms with van der Waals surface area (Å²) in [6.45, 7) is 6.75. The Kier molecular flexibility index (Phi) is 7.18. The molecule has 2 rings (SSSR count).